The molecule has 1 aliphatic carbocycles. The van der Waals surface area contributed by atoms with Gasteiger partial charge in [0.2, 0.25) is 10.0 Å². The Bertz CT molecular complexity index is 696. The highest BCUT2D eigenvalue weighted by Crippen LogP contribution is 2.25. The Morgan fingerprint density at radius 1 is 1.12 bits per heavy atom. The Hall–Kier alpha value is -0.870. The van der Waals surface area contributed by atoms with Crippen LogP contribution in [0, 0.1) is 5.92 Å². The molecule has 0 unspecified atom stereocenters. The lowest BCUT2D eigenvalue weighted by Crippen LogP contribution is -2.40. The standard InChI is InChI=1S/C18H28N4O2S.HI/c1-19-18(20-13-15-5-4-6-15)21-14-16-7-9-17(10-8-16)25(23,24)22-11-2-3-12-22;/h7-10,15H,2-6,11-14H2,1H3,(H2,19,20,21);1H. The largest absolute Gasteiger partial charge is 0.356 e. The van der Waals surface area contributed by atoms with Crippen molar-refractivity contribution in [2.75, 3.05) is 26.7 Å². The van der Waals surface area contributed by atoms with Gasteiger partial charge in [-0.15, -0.1) is 24.0 Å². The van der Waals surface area contributed by atoms with Crippen LogP contribution in [0.1, 0.15) is 37.7 Å². The number of benzene rings is 1. The summed E-state index contributed by atoms with van der Waals surface area (Å²) in [5, 5.41) is 6.63. The lowest BCUT2D eigenvalue weighted by Gasteiger charge is -2.26. The maximum Gasteiger partial charge on any atom is 0.243 e. The summed E-state index contributed by atoms with van der Waals surface area (Å²) in [6.45, 7) is 2.85. The molecule has 1 saturated carbocycles. The molecule has 0 aromatic heterocycles. The van der Waals surface area contributed by atoms with Gasteiger partial charge in [0.1, 0.15) is 0 Å². The summed E-state index contributed by atoms with van der Waals surface area (Å²) in [5.41, 5.74) is 1.03. The molecule has 1 aliphatic heterocycles. The molecule has 0 atom stereocenters. The van der Waals surface area contributed by atoms with E-state index < -0.39 is 10.0 Å². The van der Waals surface area contributed by atoms with E-state index in [1.165, 1.54) is 19.3 Å². The highest BCUT2D eigenvalue weighted by molar-refractivity contribution is 14.0. The first-order valence-corrected chi connectivity index (χ1v) is 10.6. The maximum atomic E-state index is 12.5. The average Bonchev–Trinajstić information content (AvgIpc) is 3.12. The number of sulfonamides is 1. The second kappa shape index (κ2) is 9.89. The number of nitrogens with zero attached hydrogens (tertiary/aromatic N) is 2. The molecule has 26 heavy (non-hydrogen) atoms. The van der Waals surface area contributed by atoms with Crippen molar-refractivity contribution in [3.05, 3.63) is 29.8 Å². The van der Waals surface area contributed by atoms with Gasteiger partial charge in [-0.25, -0.2) is 8.42 Å². The smallest absolute Gasteiger partial charge is 0.243 e. The number of aliphatic imine (C=N–C) groups is 1. The van der Waals surface area contributed by atoms with E-state index in [0.717, 1.165) is 36.8 Å². The van der Waals surface area contributed by atoms with Crippen molar-refractivity contribution >= 4 is 40.0 Å². The molecular formula is C18H29IN4O2S. The van der Waals surface area contributed by atoms with Gasteiger partial charge < -0.3 is 10.6 Å². The zero-order valence-corrected chi connectivity index (χ0v) is 18.4. The van der Waals surface area contributed by atoms with E-state index in [4.69, 9.17) is 0 Å². The van der Waals surface area contributed by atoms with E-state index in [1.54, 1.807) is 23.5 Å². The van der Waals surface area contributed by atoms with Gasteiger partial charge in [-0.2, -0.15) is 4.31 Å². The third kappa shape index (κ3) is 5.32. The van der Waals surface area contributed by atoms with Gasteiger partial charge in [0.05, 0.1) is 4.90 Å². The second-order valence-corrected chi connectivity index (χ2v) is 8.80. The molecule has 146 valence electrons. The molecule has 2 N–H and O–H groups in total. The molecule has 0 bridgehead atoms. The summed E-state index contributed by atoms with van der Waals surface area (Å²) in [7, 11) is -1.56. The number of rotatable bonds is 6. The van der Waals surface area contributed by atoms with Gasteiger partial charge in [0.15, 0.2) is 5.96 Å². The molecule has 2 aliphatic rings. The summed E-state index contributed by atoms with van der Waals surface area (Å²) in [6.07, 6.45) is 5.85. The minimum Gasteiger partial charge on any atom is -0.356 e. The normalized spacial score (nSPS) is 18.9. The van der Waals surface area contributed by atoms with Crippen LogP contribution in [0.3, 0.4) is 0 Å². The first-order chi connectivity index (χ1) is 12.1. The Morgan fingerprint density at radius 2 is 1.77 bits per heavy atom. The number of nitrogens with one attached hydrogen (secondary N) is 2. The third-order valence-electron chi connectivity index (χ3n) is 5.09. The van der Waals surface area contributed by atoms with E-state index >= 15 is 0 Å². The van der Waals surface area contributed by atoms with Crippen molar-refractivity contribution in [2.45, 2.75) is 43.5 Å². The van der Waals surface area contributed by atoms with Crippen LogP contribution < -0.4 is 10.6 Å². The molecule has 1 aromatic rings. The zero-order chi connectivity index (χ0) is 17.7. The summed E-state index contributed by atoms with van der Waals surface area (Å²) < 4.78 is 26.6. The van der Waals surface area contributed by atoms with Crippen LogP contribution in [0.25, 0.3) is 0 Å². The van der Waals surface area contributed by atoms with Crippen LogP contribution >= 0.6 is 24.0 Å². The molecule has 3 rings (SSSR count). The molecule has 1 saturated heterocycles. The van der Waals surface area contributed by atoms with E-state index in [9.17, 15) is 8.42 Å². The van der Waals surface area contributed by atoms with Gasteiger partial charge in [0, 0.05) is 33.2 Å². The lowest BCUT2D eigenvalue weighted by molar-refractivity contribution is 0.314. The van der Waals surface area contributed by atoms with E-state index in [-0.39, 0.29) is 24.0 Å². The Balaban J connectivity index is 0.00000243. The number of halogens is 1. The Labute approximate surface area is 173 Å². The van der Waals surface area contributed by atoms with Crippen molar-refractivity contribution in [3.8, 4) is 0 Å². The van der Waals surface area contributed by atoms with Crippen LogP contribution in [0.5, 0.6) is 0 Å². The minimum absolute atomic E-state index is 0. The van der Waals surface area contributed by atoms with Crippen LogP contribution in [0.15, 0.2) is 34.2 Å². The second-order valence-electron chi connectivity index (χ2n) is 6.86. The van der Waals surface area contributed by atoms with Crippen molar-refractivity contribution in [1.29, 1.82) is 0 Å². The van der Waals surface area contributed by atoms with Crippen molar-refractivity contribution < 1.29 is 8.42 Å². The van der Waals surface area contributed by atoms with Crippen molar-refractivity contribution in [2.24, 2.45) is 10.9 Å². The van der Waals surface area contributed by atoms with E-state index in [2.05, 4.69) is 15.6 Å². The van der Waals surface area contributed by atoms with Crippen molar-refractivity contribution in [1.82, 2.24) is 14.9 Å². The molecule has 1 aromatic carbocycles. The molecule has 0 radical (unpaired) electrons. The minimum atomic E-state index is -3.33. The number of guanidine groups is 1. The summed E-state index contributed by atoms with van der Waals surface area (Å²) in [6, 6.07) is 7.15. The zero-order valence-electron chi connectivity index (χ0n) is 15.3. The van der Waals surface area contributed by atoms with Crippen LogP contribution in [0.2, 0.25) is 0 Å². The molecule has 1 heterocycles. The average molecular weight is 492 g/mol. The first-order valence-electron chi connectivity index (χ1n) is 9.13. The fourth-order valence-corrected chi connectivity index (χ4v) is 4.72. The van der Waals surface area contributed by atoms with Gasteiger partial charge in [0.25, 0.3) is 0 Å². The molecule has 2 fully saturated rings. The van der Waals surface area contributed by atoms with Gasteiger partial charge in [-0.1, -0.05) is 18.6 Å². The van der Waals surface area contributed by atoms with Crippen LogP contribution in [0.4, 0.5) is 0 Å². The molecule has 8 heteroatoms. The highest BCUT2D eigenvalue weighted by Gasteiger charge is 2.26. The molecule has 0 amide bonds. The predicted molar refractivity (Wildman–Crippen MR) is 115 cm³/mol. The topological polar surface area (TPSA) is 73.8 Å². The van der Waals surface area contributed by atoms with Gasteiger partial charge >= 0.3 is 0 Å². The number of hydrogen-bond acceptors (Lipinski definition) is 3. The molecule has 6 nitrogen and oxygen atoms in total. The van der Waals surface area contributed by atoms with E-state index in [1.807, 2.05) is 12.1 Å². The quantitative estimate of drug-likeness (QED) is 0.364. The fraction of sp³-hybridized carbons (Fsp3) is 0.611. The Kier molecular flexibility index (Phi) is 8.15. The summed E-state index contributed by atoms with van der Waals surface area (Å²) in [4.78, 5) is 4.61. The van der Waals surface area contributed by atoms with Gasteiger partial charge in [-0.05, 0) is 49.3 Å². The number of hydrogen-bond donors (Lipinski definition) is 2. The lowest BCUT2D eigenvalue weighted by atomic mass is 9.85. The van der Waals surface area contributed by atoms with Crippen LogP contribution in [-0.4, -0.2) is 45.4 Å². The maximum absolute atomic E-state index is 12.5. The fourth-order valence-electron chi connectivity index (χ4n) is 3.20. The van der Waals surface area contributed by atoms with E-state index in [0.29, 0.717) is 24.5 Å². The summed E-state index contributed by atoms with van der Waals surface area (Å²) >= 11 is 0. The van der Waals surface area contributed by atoms with Gasteiger partial charge in [-0.3, -0.25) is 4.99 Å². The summed E-state index contributed by atoms with van der Waals surface area (Å²) in [5.74, 6) is 1.56. The highest BCUT2D eigenvalue weighted by atomic mass is 127. The Morgan fingerprint density at radius 3 is 2.31 bits per heavy atom. The first kappa shape index (κ1) is 21.4. The SMILES string of the molecule is CN=C(NCc1ccc(S(=O)(=O)N2CCCC2)cc1)NCC1CCC1.I. The predicted octanol–water partition coefficient (Wildman–Crippen LogP) is 2.55. The third-order valence-corrected chi connectivity index (χ3v) is 7.01. The molecule has 0 spiro atoms. The molecular weight excluding hydrogens is 463 g/mol. The monoisotopic (exact) mass is 492 g/mol. The van der Waals surface area contributed by atoms with Crippen molar-refractivity contribution in [3.63, 3.8) is 0 Å². The van der Waals surface area contributed by atoms with Crippen LogP contribution in [-0.2, 0) is 16.6 Å².